The molecule has 0 bridgehead atoms. The maximum atomic E-state index is 8.69. The van der Waals surface area contributed by atoms with E-state index in [4.69, 9.17) is 20.0 Å². The van der Waals surface area contributed by atoms with Crippen molar-refractivity contribution in [2.45, 2.75) is 39.5 Å². The highest BCUT2D eigenvalue weighted by atomic mass is 16.5. The molecule has 2 aromatic heterocycles. The molecule has 1 saturated carbocycles. The van der Waals surface area contributed by atoms with Crippen molar-refractivity contribution < 1.29 is 4.74 Å². The standard InChI is InChI=1S/C27H25N5O/c1-16-13-21(20-8-9-20)14-17(2)25(16)33-26-24-23(18(3)15-29-24)31-27(32-26)30-22-10-6-19(7-11-22)5-4-12-28/h4-7,10-11,13-15,20,29H,8-9H2,1-3H3,(H,30,31,32)/b5-4+. The lowest BCUT2D eigenvalue weighted by Gasteiger charge is -2.15. The number of nitriles is 1. The molecule has 0 aliphatic heterocycles. The van der Waals surface area contributed by atoms with Crippen LogP contribution in [0, 0.1) is 32.1 Å². The number of hydrogen-bond acceptors (Lipinski definition) is 5. The maximum Gasteiger partial charge on any atom is 0.248 e. The first-order chi connectivity index (χ1) is 16.0. The zero-order valence-corrected chi connectivity index (χ0v) is 18.9. The summed E-state index contributed by atoms with van der Waals surface area (Å²) in [6, 6.07) is 14.2. The molecule has 0 amide bonds. The minimum Gasteiger partial charge on any atom is -0.436 e. The van der Waals surface area contributed by atoms with Crippen LogP contribution in [0.15, 0.2) is 48.7 Å². The summed E-state index contributed by atoms with van der Waals surface area (Å²) in [5.41, 5.74) is 8.05. The van der Waals surface area contributed by atoms with Gasteiger partial charge in [0.1, 0.15) is 16.8 Å². The molecule has 1 fully saturated rings. The number of anilines is 2. The number of benzene rings is 2. The van der Waals surface area contributed by atoms with Crippen molar-refractivity contribution in [3.05, 3.63) is 76.5 Å². The third-order valence-electron chi connectivity index (χ3n) is 5.93. The lowest BCUT2D eigenvalue weighted by Crippen LogP contribution is -2.01. The van der Waals surface area contributed by atoms with Crippen LogP contribution in [0.4, 0.5) is 11.6 Å². The molecular formula is C27H25N5O. The number of H-pyrrole nitrogens is 1. The molecule has 1 aliphatic carbocycles. The molecule has 33 heavy (non-hydrogen) atoms. The average Bonchev–Trinajstić information content (AvgIpc) is 3.59. The number of aromatic nitrogens is 3. The van der Waals surface area contributed by atoms with Crippen molar-refractivity contribution in [3.63, 3.8) is 0 Å². The number of nitrogens with zero attached hydrogens (tertiary/aromatic N) is 3. The summed E-state index contributed by atoms with van der Waals surface area (Å²) in [6.07, 6.45) is 7.69. The fourth-order valence-electron chi connectivity index (χ4n) is 4.07. The fraction of sp³-hybridized carbons (Fsp3) is 0.222. The molecule has 0 saturated heterocycles. The minimum absolute atomic E-state index is 0.463. The molecule has 6 nitrogen and oxygen atoms in total. The summed E-state index contributed by atoms with van der Waals surface area (Å²) >= 11 is 0. The molecule has 0 unspecified atom stereocenters. The Bertz CT molecular complexity index is 1380. The van der Waals surface area contributed by atoms with Crippen molar-refractivity contribution in [1.82, 2.24) is 15.0 Å². The van der Waals surface area contributed by atoms with E-state index in [1.54, 1.807) is 6.08 Å². The predicted octanol–water partition coefficient (Wildman–Crippen LogP) is 6.83. The highest BCUT2D eigenvalue weighted by Crippen LogP contribution is 2.43. The van der Waals surface area contributed by atoms with Gasteiger partial charge in [0.05, 0.1) is 6.07 Å². The van der Waals surface area contributed by atoms with Crippen LogP contribution < -0.4 is 10.1 Å². The van der Waals surface area contributed by atoms with Gasteiger partial charge in [-0.25, -0.2) is 4.98 Å². The van der Waals surface area contributed by atoms with Crippen LogP contribution >= 0.6 is 0 Å². The van der Waals surface area contributed by atoms with Crippen molar-refractivity contribution in [2.24, 2.45) is 0 Å². The molecule has 0 radical (unpaired) electrons. The summed E-state index contributed by atoms with van der Waals surface area (Å²) < 4.78 is 6.40. The highest BCUT2D eigenvalue weighted by Gasteiger charge is 2.25. The molecule has 1 aliphatic rings. The second-order valence-electron chi connectivity index (χ2n) is 8.62. The first-order valence-corrected chi connectivity index (χ1v) is 11.1. The van der Waals surface area contributed by atoms with Gasteiger partial charge in [0.2, 0.25) is 11.8 Å². The van der Waals surface area contributed by atoms with Gasteiger partial charge in [-0.2, -0.15) is 10.2 Å². The largest absolute Gasteiger partial charge is 0.436 e. The normalized spacial score (nSPS) is 13.4. The first-order valence-electron chi connectivity index (χ1n) is 11.1. The van der Waals surface area contributed by atoms with Gasteiger partial charge in [0.25, 0.3) is 0 Å². The first kappa shape index (κ1) is 20.8. The van der Waals surface area contributed by atoms with Crippen molar-refractivity contribution in [2.75, 3.05) is 5.32 Å². The van der Waals surface area contributed by atoms with E-state index in [0.29, 0.717) is 17.7 Å². The van der Waals surface area contributed by atoms with Crippen molar-refractivity contribution >= 4 is 28.7 Å². The molecule has 5 rings (SSSR count). The zero-order valence-electron chi connectivity index (χ0n) is 18.9. The van der Waals surface area contributed by atoms with Crippen LogP contribution in [-0.4, -0.2) is 15.0 Å². The van der Waals surface area contributed by atoms with E-state index in [9.17, 15) is 0 Å². The Morgan fingerprint density at radius 3 is 2.45 bits per heavy atom. The van der Waals surface area contributed by atoms with Crippen LogP contribution in [0.2, 0.25) is 0 Å². The monoisotopic (exact) mass is 435 g/mol. The molecular weight excluding hydrogens is 410 g/mol. The Kier molecular flexibility index (Phi) is 5.31. The van der Waals surface area contributed by atoms with E-state index in [0.717, 1.165) is 44.7 Å². The summed E-state index contributed by atoms with van der Waals surface area (Å²) in [5.74, 6) is 2.50. The summed E-state index contributed by atoms with van der Waals surface area (Å²) in [5, 5.41) is 12.0. The maximum absolute atomic E-state index is 8.69. The van der Waals surface area contributed by atoms with Gasteiger partial charge in [-0.1, -0.05) is 24.3 Å². The van der Waals surface area contributed by atoms with Gasteiger partial charge in [-0.05, 0) is 85.6 Å². The Morgan fingerprint density at radius 1 is 1.06 bits per heavy atom. The molecule has 4 aromatic rings. The average molecular weight is 436 g/mol. The van der Waals surface area contributed by atoms with Crippen molar-refractivity contribution in [1.29, 1.82) is 5.26 Å². The highest BCUT2D eigenvalue weighted by molar-refractivity contribution is 5.85. The molecule has 0 spiro atoms. The quantitative estimate of drug-likeness (QED) is 0.324. The van der Waals surface area contributed by atoms with Crippen molar-refractivity contribution in [3.8, 4) is 17.7 Å². The van der Waals surface area contributed by atoms with Gasteiger partial charge in [-0.15, -0.1) is 0 Å². The van der Waals surface area contributed by atoms with Gasteiger partial charge >= 0.3 is 0 Å². The molecule has 0 atom stereocenters. The number of ether oxygens (including phenoxy) is 1. The SMILES string of the molecule is Cc1cc(C2CC2)cc(C)c1Oc1nc(Nc2ccc(/C=C/C#N)cc2)nc2c(C)c[nH]c12. The lowest BCUT2D eigenvalue weighted by molar-refractivity contribution is 0.460. The lowest BCUT2D eigenvalue weighted by atomic mass is 10.0. The molecule has 6 heteroatoms. The third kappa shape index (κ3) is 4.31. The van der Waals surface area contributed by atoms with Gasteiger partial charge in [0.15, 0.2) is 0 Å². The number of aryl methyl sites for hydroxylation is 3. The van der Waals surface area contributed by atoms with E-state index in [1.165, 1.54) is 24.5 Å². The second-order valence-corrected chi connectivity index (χ2v) is 8.62. The van der Waals surface area contributed by atoms with E-state index in [2.05, 4.69) is 36.3 Å². The number of fused-ring (bicyclic) bond motifs is 1. The molecule has 164 valence electrons. The molecule has 2 heterocycles. The Morgan fingerprint density at radius 2 is 1.79 bits per heavy atom. The fourth-order valence-corrected chi connectivity index (χ4v) is 4.07. The number of nitrogens with one attached hydrogen (secondary N) is 2. The van der Waals surface area contributed by atoms with Gasteiger partial charge in [-0.3, -0.25) is 0 Å². The van der Waals surface area contributed by atoms with E-state index in [1.807, 2.05) is 43.5 Å². The second kappa shape index (κ2) is 8.44. The van der Waals surface area contributed by atoms with Gasteiger partial charge < -0.3 is 15.0 Å². The molecule has 2 aromatic carbocycles. The Labute approximate surface area is 193 Å². The number of aromatic amines is 1. The van der Waals surface area contributed by atoms with Crippen LogP contribution in [0.3, 0.4) is 0 Å². The number of hydrogen-bond donors (Lipinski definition) is 2. The summed E-state index contributed by atoms with van der Waals surface area (Å²) in [4.78, 5) is 12.7. The topological polar surface area (TPSA) is 86.6 Å². The zero-order chi connectivity index (χ0) is 22.9. The van der Waals surface area contributed by atoms with E-state index >= 15 is 0 Å². The number of allylic oxidation sites excluding steroid dienone is 1. The van der Waals surface area contributed by atoms with Gasteiger partial charge in [0, 0.05) is 18.0 Å². The Hall–Kier alpha value is -4.11. The third-order valence-corrected chi connectivity index (χ3v) is 5.93. The minimum atomic E-state index is 0.463. The van der Waals surface area contributed by atoms with Crippen LogP contribution in [0.5, 0.6) is 11.6 Å². The Balaban J connectivity index is 1.48. The summed E-state index contributed by atoms with van der Waals surface area (Å²) in [6.45, 7) is 6.19. The summed E-state index contributed by atoms with van der Waals surface area (Å²) in [7, 11) is 0. The van der Waals surface area contributed by atoms with Crippen LogP contribution in [-0.2, 0) is 0 Å². The van der Waals surface area contributed by atoms with Crippen LogP contribution in [0.1, 0.15) is 46.6 Å². The molecule has 2 N–H and O–H groups in total. The van der Waals surface area contributed by atoms with E-state index in [-0.39, 0.29) is 0 Å². The van der Waals surface area contributed by atoms with E-state index < -0.39 is 0 Å². The number of rotatable bonds is 6. The smallest absolute Gasteiger partial charge is 0.248 e. The predicted molar refractivity (Wildman–Crippen MR) is 131 cm³/mol. The van der Waals surface area contributed by atoms with Crippen LogP contribution in [0.25, 0.3) is 17.1 Å².